The van der Waals surface area contributed by atoms with E-state index in [0.717, 1.165) is 0 Å². The summed E-state index contributed by atoms with van der Waals surface area (Å²) in [6.07, 6.45) is 0.596. The summed E-state index contributed by atoms with van der Waals surface area (Å²) in [5.74, 6) is -0.307. The minimum atomic E-state index is -2.91. The second kappa shape index (κ2) is 15.0. The van der Waals surface area contributed by atoms with Crippen LogP contribution < -0.4 is 0 Å². The van der Waals surface area contributed by atoms with Crippen molar-refractivity contribution in [1.82, 2.24) is 0 Å². The van der Waals surface area contributed by atoms with Crippen LogP contribution >= 0.6 is 0 Å². The Balaban J connectivity index is 4.61. The lowest BCUT2D eigenvalue weighted by Crippen LogP contribution is -2.48. The van der Waals surface area contributed by atoms with Crippen molar-refractivity contribution in [3.05, 3.63) is 0 Å². The van der Waals surface area contributed by atoms with Crippen LogP contribution in [0.3, 0.4) is 0 Å². The number of ether oxygens (including phenoxy) is 4. The van der Waals surface area contributed by atoms with Gasteiger partial charge < -0.3 is 32.2 Å². The summed E-state index contributed by atoms with van der Waals surface area (Å²) in [4.78, 5) is 10.8. The maximum atomic E-state index is 10.8. The van der Waals surface area contributed by atoms with E-state index in [1.54, 1.807) is 21.3 Å². The molecular formula is C14H30O8Si. The van der Waals surface area contributed by atoms with E-state index in [0.29, 0.717) is 58.7 Å². The molecule has 0 aliphatic rings. The standard InChI is InChI=1S/C14H30O8Si/c1-14(15)19-6-5-13-23(20-10-7-16-2,21-11-8-17-3)22-12-9-18-4/h5-13H2,1-4H3. The molecule has 0 aromatic rings. The molecule has 8 nitrogen and oxygen atoms in total. The van der Waals surface area contributed by atoms with Crippen LogP contribution in [0, 0.1) is 0 Å². The molecule has 0 atom stereocenters. The third-order valence-corrected chi connectivity index (χ3v) is 5.66. The molecule has 0 aliphatic carbocycles. The number of esters is 1. The van der Waals surface area contributed by atoms with Crippen LogP contribution in [-0.4, -0.2) is 82.4 Å². The highest BCUT2D eigenvalue weighted by Crippen LogP contribution is 2.18. The van der Waals surface area contributed by atoms with E-state index in [1.807, 2.05) is 0 Å². The molecule has 0 saturated heterocycles. The average Bonchev–Trinajstić information content (AvgIpc) is 2.52. The molecule has 0 unspecified atom stereocenters. The van der Waals surface area contributed by atoms with Gasteiger partial charge in [-0.15, -0.1) is 0 Å². The van der Waals surface area contributed by atoms with Crippen LogP contribution in [0.4, 0.5) is 0 Å². The maximum absolute atomic E-state index is 10.8. The second-order valence-electron chi connectivity index (χ2n) is 4.65. The van der Waals surface area contributed by atoms with Crippen LogP contribution in [0.15, 0.2) is 0 Å². The average molecular weight is 354 g/mol. The summed E-state index contributed by atoms with van der Waals surface area (Å²) < 4.78 is 37.7. The Morgan fingerprint density at radius 3 is 1.52 bits per heavy atom. The highest BCUT2D eigenvalue weighted by atomic mass is 28.4. The van der Waals surface area contributed by atoms with E-state index < -0.39 is 8.80 Å². The van der Waals surface area contributed by atoms with Gasteiger partial charge in [-0.05, 0) is 6.42 Å². The zero-order chi connectivity index (χ0) is 17.4. The highest BCUT2D eigenvalue weighted by molar-refractivity contribution is 6.60. The van der Waals surface area contributed by atoms with Crippen LogP contribution in [0.1, 0.15) is 13.3 Å². The Labute approximate surface area is 139 Å². The predicted octanol–water partition coefficient (Wildman–Crippen LogP) is 0.868. The zero-order valence-corrected chi connectivity index (χ0v) is 15.6. The van der Waals surface area contributed by atoms with E-state index in [9.17, 15) is 4.79 Å². The number of hydrogen-bond acceptors (Lipinski definition) is 8. The van der Waals surface area contributed by atoms with E-state index in [-0.39, 0.29) is 5.97 Å². The molecule has 0 aliphatic heterocycles. The third-order valence-electron chi connectivity index (χ3n) is 2.76. The second-order valence-corrected chi connectivity index (χ2v) is 7.38. The Bertz CT molecular complexity index is 263. The number of hydrogen-bond donors (Lipinski definition) is 0. The molecule has 0 amide bonds. The van der Waals surface area contributed by atoms with Crippen molar-refractivity contribution < 1.29 is 37.0 Å². The Hall–Kier alpha value is -0.553. The summed E-state index contributed by atoms with van der Waals surface area (Å²) in [6, 6.07) is 0.539. The summed E-state index contributed by atoms with van der Waals surface area (Å²) in [5, 5.41) is 0. The van der Waals surface area contributed by atoms with E-state index in [1.165, 1.54) is 6.92 Å². The van der Waals surface area contributed by atoms with E-state index in [2.05, 4.69) is 0 Å². The molecule has 0 aromatic heterocycles. The van der Waals surface area contributed by atoms with Crippen LogP contribution in [-0.2, 0) is 37.0 Å². The van der Waals surface area contributed by atoms with Crippen LogP contribution in [0.25, 0.3) is 0 Å². The molecule has 138 valence electrons. The largest absolute Gasteiger partial charge is 0.501 e. The molecule has 0 N–H and O–H groups in total. The van der Waals surface area contributed by atoms with Gasteiger partial charge in [-0.25, -0.2) is 0 Å². The molecule has 0 heterocycles. The van der Waals surface area contributed by atoms with Gasteiger partial charge in [0.15, 0.2) is 0 Å². The molecular weight excluding hydrogens is 324 g/mol. The summed E-state index contributed by atoms with van der Waals surface area (Å²) in [6.45, 7) is 4.13. The maximum Gasteiger partial charge on any atom is 0.501 e. The first-order valence-electron chi connectivity index (χ1n) is 7.62. The first-order valence-corrected chi connectivity index (χ1v) is 9.55. The molecule has 0 rings (SSSR count). The lowest BCUT2D eigenvalue weighted by molar-refractivity contribution is -0.141. The SMILES string of the molecule is COCCO[Si](CCCOC(C)=O)(OCCOC)OCCOC. The van der Waals surface area contributed by atoms with E-state index >= 15 is 0 Å². The molecule has 0 saturated carbocycles. The number of carbonyl (C=O) groups is 1. The lowest BCUT2D eigenvalue weighted by Gasteiger charge is -2.29. The number of carbonyl (C=O) groups excluding carboxylic acids is 1. The van der Waals surface area contributed by atoms with Crippen molar-refractivity contribution in [3.8, 4) is 0 Å². The van der Waals surface area contributed by atoms with Crippen molar-refractivity contribution in [2.75, 3.05) is 67.6 Å². The molecule has 0 spiro atoms. The molecule has 0 radical (unpaired) electrons. The third kappa shape index (κ3) is 12.5. The highest BCUT2D eigenvalue weighted by Gasteiger charge is 2.40. The molecule has 0 bridgehead atoms. The van der Waals surface area contributed by atoms with Crippen molar-refractivity contribution in [1.29, 1.82) is 0 Å². The monoisotopic (exact) mass is 354 g/mol. The van der Waals surface area contributed by atoms with Crippen molar-refractivity contribution in [2.24, 2.45) is 0 Å². The molecule has 9 heteroatoms. The normalized spacial score (nSPS) is 11.7. The number of rotatable bonds is 16. The van der Waals surface area contributed by atoms with Gasteiger partial charge in [0.25, 0.3) is 0 Å². The molecule has 23 heavy (non-hydrogen) atoms. The van der Waals surface area contributed by atoms with Gasteiger partial charge in [0.05, 0.1) is 46.2 Å². The van der Waals surface area contributed by atoms with Gasteiger partial charge in [0.1, 0.15) is 0 Å². The molecule has 0 fully saturated rings. The summed E-state index contributed by atoms with van der Waals surface area (Å²) in [5.41, 5.74) is 0. The van der Waals surface area contributed by atoms with Gasteiger partial charge in [0.2, 0.25) is 0 Å². The van der Waals surface area contributed by atoms with Crippen molar-refractivity contribution in [2.45, 2.75) is 19.4 Å². The Kier molecular flexibility index (Phi) is 14.6. The quantitative estimate of drug-likeness (QED) is 0.229. The Morgan fingerprint density at radius 1 is 0.739 bits per heavy atom. The molecule has 0 aromatic carbocycles. The fraction of sp³-hybridized carbons (Fsp3) is 0.929. The van der Waals surface area contributed by atoms with Gasteiger partial charge in [0, 0.05) is 34.3 Å². The lowest BCUT2D eigenvalue weighted by atomic mass is 10.5. The first kappa shape index (κ1) is 22.4. The minimum Gasteiger partial charge on any atom is -0.466 e. The summed E-state index contributed by atoms with van der Waals surface area (Å²) in [7, 11) is 1.90. The van der Waals surface area contributed by atoms with Gasteiger partial charge in [-0.3, -0.25) is 4.79 Å². The van der Waals surface area contributed by atoms with Crippen molar-refractivity contribution in [3.63, 3.8) is 0 Å². The summed E-state index contributed by atoms with van der Waals surface area (Å²) >= 11 is 0. The first-order chi connectivity index (χ1) is 11.1. The number of methoxy groups -OCH3 is 3. The van der Waals surface area contributed by atoms with Crippen LogP contribution in [0.5, 0.6) is 0 Å². The van der Waals surface area contributed by atoms with Gasteiger partial charge in [-0.1, -0.05) is 0 Å². The minimum absolute atomic E-state index is 0.305. The topological polar surface area (TPSA) is 81.7 Å². The van der Waals surface area contributed by atoms with Gasteiger partial charge in [-0.2, -0.15) is 0 Å². The smallest absolute Gasteiger partial charge is 0.466 e. The van der Waals surface area contributed by atoms with Gasteiger partial charge >= 0.3 is 14.8 Å². The zero-order valence-electron chi connectivity index (χ0n) is 14.6. The van der Waals surface area contributed by atoms with Crippen molar-refractivity contribution >= 4 is 14.8 Å². The fourth-order valence-corrected chi connectivity index (χ4v) is 4.13. The fourth-order valence-electron chi connectivity index (χ4n) is 1.69. The predicted molar refractivity (Wildman–Crippen MR) is 85.3 cm³/mol. The Morgan fingerprint density at radius 2 is 1.17 bits per heavy atom. The van der Waals surface area contributed by atoms with E-state index in [4.69, 9.17) is 32.2 Å². The van der Waals surface area contributed by atoms with Crippen LogP contribution in [0.2, 0.25) is 6.04 Å².